The SMILES string of the molecule is COC(=O)C1=C(CSc2nnnn2C)NC(=O)N[C@@H]1c1ccccc1C. The predicted octanol–water partition coefficient (Wildman–Crippen LogP) is 1.09. The molecule has 2 N–H and O–H groups in total. The van der Waals surface area contributed by atoms with E-state index in [4.69, 9.17) is 4.74 Å². The van der Waals surface area contributed by atoms with Crippen LogP contribution in [0.15, 0.2) is 40.7 Å². The van der Waals surface area contributed by atoms with Gasteiger partial charge in [-0.1, -0.05) is 36.0 Å². The van der Waals surface area contributed by atoms with Crippen LogP contribution in [-0.4, -0.2) is 45.1 Å². The maximum Gasteiger partial charge on any atom is 0.338 e. The van der Waals surface area contributed by atoms with Crippen molar-refractivity contribution in [1.29, 1.82) is 0 Å². The van der Waals surface area contributed by atoms with E-state index in [1.165, 1.54) is 23.6 Å². The molecule has 1 atom stereocenters. The number of tetrazole rings is 1. The number of methoxy groups -OCH3 is 1. The third kappa shape index (κ3) is 3.54. The van der Waals surface area contributed by atoms with Gasteiger partial charge in [-0.15, -0.1) is 5.10 Å². The number of ether oxygens (including phenoxy) is 1. The summed E-state index contributed by atoms with van der Waals surface area (Å²) in [7, 11) is 3.03. The molecule has 0 bridgehead atoms. The van der Waals surface area contributed by atoms with Gasteiger partial charge in [0.1, 0.15) is 0 Å². The van der Waals surface area contributed by atoms with E-state index >= 15 is 0 Å². The molecule has 1 aliphatic heterocycles. The average molecular weight is 374 g/mol. The first-order chi connectivity index (χ1) is 12.5. The molecule has 0 unspecified atom stereocenters. The molecular formula is C16H18N6O3S. The van der Waals surface area contributed by atoms with Crippen molar-refractivity contribution in [2.75, 3.05) is 12.9 Å². The van der Waals surface area contributed by atoms with Crippen LogP contribution >= 0.6 is 11.8 Å². The van der Waals surface area contributed by atoms with Crippen LogP contribution in [0.4, 0.5) is 4.79 Å². The second-order valence-corrected chi connectivity index (χ2v) is 6.59. The number of carbonyl (C=O) groups is 2. The maximum atomic E-state index is 12.5. The van der Waals surface area contributed by atoms with E-state index in [9.17, 15) is 9.59 Å². The number of thioether (sulfide) groups is 1. The van der Waals surface area contributed by atoms with Crippen molar-refractivity contribution in [2.24, 2.45) is 7.05 Å². The summed E-state index contributed by atoms with van der Waals surface area (Å²) in [6, 6.07) is 6.61. The lowest BCUT2D eigenvalue weighted by atomic mass is 9.92. The lowest BCUT2D eigenvalue weighted by Crippen LogP contribution is -2.46. The quantitative estimate of drug-likeness (QED) is 0.595. The smallest absolute Gasteiger partial charge is 0.338 e. The first kappa shape index (κ1) is 17.9. The predicted molar refractivity (Wildman–Crippen MR) is 94.2 cm³/mol. The summed E-state index contributed by atoms with van der Waals surface area (Å²) in [5.41, 5.74) is 2.64. The van der Waals surface area contributed by atoms with E-state index < -0.39 is 12.0 Å². The molecule has 1 aliphatic rings. The molecule has 136 valence electrons. The molecule has 0 saturated heterocycles. The third-order valence-corrected chi connectivity index (χ3v) is 5.02. The molecule has 2 amide bonds. The molecule has 9 nitrogen and oxygen atoms in total. The molecule has 2 heterocycles. The van der Waals surface area contributed by atoms with Gasteiger partial charge >= 0.3 is 12.0 Å². The van der Waals surface area contributed by atoms with Gasteiger partial charge in [-0.05, 0) is 28.5 Å². The largest absolute Gasteiger partial charge is 0.466 e. The van der Waals surface area contributed by atoms with Crippen LogP contribution in [-0.2, 0) is 16.6 Å². The number of benzene rings is 1. The highest BCUT2D eigenvalue weighted by atomic mass is 32.2. The number of aromatic nitrogens is 4. The van der Waals surface area contributed by atoms with E-state index in [1.807, 2.05) is 31.2 Å². The van der Waals surface area contributed by atoms with Crippen LogP contribution in [0.5, 0.6) is 0 Å². The zero-order chi connectivity index (χ0) is 18.7. The molecule has 0 fully saturated rings. The molecule has 26 heavy (non-hydrogen) atoms. The number of hydrogen-bond donors (Lipinski definition) is 2. The number of nitrogens with one attached hydrogen (secondary N) is 2. The Morgan fingerprint density at radius 2 is 2.15 bits per heavy atom. The molecule has 10 heteroatoms. The van der Waals surface area contributed by atoms with E-state index in [0.29, 0.717) is 22.2 Å². The average Bonchev–Trinajstić information content (AvgIpc) is 3.04. The summed E-state index contributed by atoms with van der Waals surface area (Å²) >= 11 is 1.31. The Morgan fingerprint density at radius 3 is 2.81 bits per heavy atom. The fourth-order valence-electron chi connectivity index (χ4n) is 2.71. The fourth-order valence-corrected chi connectivity index (χ4v) is 3.53. The summed E-state index contributed by atoms with van der Waals surface area (Å²) in [4.78, 5) is 24.7. The van der Waals surface area contributed by atoms with Crippen molar-refractivity contribution in [3.63, 3.8) is 0 Å². The molecule has 0 radical (unpaired) electrons. The number of aryl methyl sites for hydroxylation is 2. The summed E-state index contributed by atoms with van der Waals surface area (Å²) in [5, 5.41) is 17.3. The van der Waals surface area contributed by atoms with Crippen LogP contribution in [0, 0.1) is 6.92 Å². The minimum atomic E-state index is -0.592. The molecule has 2 aromatic rings. The Hall–Kier alpha value is -2.88. The Balaban J connectivity index is 2.00. The second kappa shape index (κ2) is 7.56. The molecule has 0 spiro atoms. The van der Waals surface area contributed by atoms with Crippen molar-refractivity contribution in [3.8, 4) is 0 Å². The Morgan fingerprint density at radius 1 is 1.38 bits per heavy atom. The summed E-state index contributed by atoms with van der Waals surface area (Å²) < 4.78 is 6.48. The molecule has 1 aromatic heterocycles. The number of hydrogen-bond acceptors (Lipinski definition) is 7. The standard InChI is InChI=1S/C16H18N6O3S/c1-9-6-4-5-7-10(9)13-12(14(23)25-3)11(17-15(24)18-13)8-26-16-19-20-21-22(16)2/h4-7,13H,8H2,1-3H3,(H2,17,18,24)/t13-/m1/s1. The topological polar surface area (TPSA) is 111 Å². The number of nitrogens with zero attached hydrogens (tertiary/aromatic N) is 4. The summed E-state index contributed by atoms with van der Waals surface area (Å²) in [5.74, 6) is -0.188. The normalized spacial score (nSPS) is 16.9. The van der Waals surface area contributed by atoms with Gasteiger partial charge in [0.2, 0.25) is 5.16 Å². The van der Waals surface area contributed by atoms with E-state index in [2.05, 4.69) is 26.2 Å². The highest BCUT2D eigenvalue weighted by Gasteiger charge is 2.34. The van der Waals surface area contributed by atoms with Gasteiger partial charge < -0.3 is 15.4 Å². The highest BCUT2D eigenvalue weighted by Crippen LogP contribution is 2.31. The van der Waals surface area contributed by atoms with Gasteiger partial charge in [0, 0.05) is 18.5 Å². The zero-order valence-corrected chi connectivity index (χ0v) is 15.3. The van der Waals surface area contributed by atoms with Crippen molar-refractivity contribution in [1.82, 2.24) is 30.8 Å². The minimum absolute atomic E-state index is 0.314. The molecule has 0 saturated carbocycles. The van der Waals surface area contributed by atoms with Crippen LogP contribution in [0.25, 0.3) is 0 Å². The number of rotatable bonds is 5. The van der Waals surface area contributed by atoms with Crippen molar-refractivity contribution < 1.29 is 14.3 Å². The van der Waals surface area contributed by atoms with Gasteiger partial charge in [-0.2, -0.15) is 0 Å². The van der Waals surface area contributed by atoms with Crippen LogP contribution in [0.3, 0.4) is 0 Å². The Bertz CT molecular complexity index is 878. The van der Waals surface area contributed by atoms with Gasteiger partial charge in [0.15, 0.2) is 0 Å². The van der Waals surface area contributed by atoms with E-state index in [0.717, 1.165) is 11.1 Å². The Kier molecular flexibility index (Phi) is 5.21. The third-order valence-electron chi connectivity index (χ3n) is 3.99. The highest BCUT2D eigenvalue weighted by molar-refractivity contribution is 7.99. The van der Waals surface area contributed by atoms with Gasteiger partial charge in [-0.25, -0.2) is 14.3 Å². The first-order valence-electron chi connectivity index (χ1n) is 7.80. The van der Waals surface area contributed by atoms with Crippen LogP contribution in [0.1, 0.15) is 17.2 Å². The Labute approximate surface area is 154 Å². The lowest BCUT2D eigenvalue weighted by molar-refractivity contribution is -0.136. The maximum absolute atomic E-state index is 12.5. The number of urea groups is 1. The van der Waals surface area contributed by atoms with Crippen LogP contribution < -0.4 is 10.6 Å². The molecule has 0 aliphatic carbocycles. The molecule has 1 aromatic carbocycles. The minimum Gasteiger partial charge on any atom is -0.466 e. The number of amides is 2. The zero-order valence-electron chi connectivity index (χ0n) is 14.5. The number of carbonyl (C=O) groups excluding carboxylic acids is 2. The van der Waals surface area contributed by atoms with Gasteiger partial charge in [0.05, 0.1) is 18.7 Å². The van der Waals surface area contributed by atoms with Gasteiger partial charge in [-0.3, -0.25) is 0 Å². The van der Waals surface area contributed by atoms with E-state index in [-0.39, 0.29) is 6.03 Å². The summed E-state index contributed by atoms with van der Waals surface area (Å²) in [6.07, 6.45) is 0. The lowest BCUT2D eigenvalue weighted by Gasteiger charge is -2.29. The monoisotopic (exact) mass is 374 g/mol. The second-order valence-electron chi connectivity index (χ2n) is 5.65. The van der Waals surface area contributed by atoms with E-state index in [1.54, 1.807) is 7.05 Å². The molecular weight excluding hydrogens is 356 g/mol. The first-order valence-corrected chi connectivity index (χ1v) is 8.79. The fraction of sp³-hybridized carbons (Fsp3) is 0.312. The van der Waals surface area contributed by atoms with Crippen molar-refractivity contribution in [2.45, 2.75) is 18.1 Å². The van der Waals surface area contributed by atoms with Crippen molar-refractivity contribution in [3.05, 3.63) is 46.7 Å². The van der Waals surface area contributed by atoms with Crippen molar-refractivity contribution >= 4 is 23.8 Å². The number of esters is 1. The molecule has 3 rings (SSSR count). The summed E-state index contributed by atoms with van der Waals surface area (Å²) in [6.45, 7) is 1.93. The van der Waals surface area contributed by atoms with Gasteiger partial charge in [0.25, 0.3) is 0 Å². The van der Waals surface area contributed by atoms with Crippen LogP contribution in [0.2, 0.25) is 0 Å².